The van der Waals surface area contributed by atoms with Gasteiger partial charge >= 0.3 is 0 Å². The van der Waals surface area contributed by atoms with Crippen LogP contribution in [0.4, 0.5) is 4.39 Å². The molecule has 2 heteroatoms. The standard InChI is InChI=1S/C19H22FN/c1-13(15-9-6-7-11-17(15)20)21-18-16-10-5-4-8-14(16)12-19(18,2)3/h4-11,13,18,21H,12H2,1-3H3/t13-,18?/m1/s1. The molecule has 0 saturated carbocycles. The summed E-state index contributed by atoms with van der Waals surface area (Å²) >= 11 is 0. The fourth-order valence-corrected chi connectivity index (χ4v) is 3.47. The Morgan fingerprint density at radius 2 is 1.76 bits per heavy atom. The zero-order valence-electron chi connectivity index (χ0n) is 12.9. The second-order valence-corrected chi connectivity index (χ2v) is 6.71. The number of rotatable bonds is 3. The average molecular weight is 283 g/mol. The minimum absolute atomic E-state index is 0.0124. The third-order valence-electron chi connectivity index (χ3n) is 4.58. The molecule has 0 saturated heterocycles. The smallest absolute Gasteiger partial charge is 0.127 e. The maximum atomic E-state index is 14.0. The summed E-state index contributed by atoms with van der Waals surface area (Å²) in [5.74, 6) is -0.137. The normalized spacial score (nSPS) is 21.0. The van der Waals surface area contributed by atoms with Crippen LogP contribution in [0.15, 0.2) is 48.5 Å². The van der Waals surface area contributed by atoms with E-state index in [9.17, 15) is 4.39 Å². The van der Waals surface area contributed by atoms with Gasteiger partial charge in [0, 0.05) is 17.6 Å². The molecular weight excluding hydrogens is 261 g/mol. The maximum absolute atomic E-state index is 14.0. The van der Waals surface area contributed by atoms with E-state index in [1.54, 1.807) is 6.07 Å². The van der Waals surface area contributed by atoms with Gasteiger partial charge in [0.1, 0.15) is 5.82 Å². The quantitative estimate of drug-likeness (QED) is 0.853. The van der Waals surface area contributed by atoms with Crippen molar-refractivity contribution in [2.45, 2.75) is 39.3 Å². The first-order valence-corrected chi connectivity index (χ1v) is 7.57. The predicted molar refractivity (Wildman–Crippen MR) is 84.6 cm³/mol. The lowest BCUT2D eigenvalue weighted by Gasteiger charge is -2.31. The molecule has 1 unspecified atom stereocenters. The van der Waals surface area contributed by atoms with E-state index >= 15 is 0 Å². The summed E-state index contributed by atoms with van der Waals surface area (Å²) in [4.78, 5) is 0. The highest BCUT2D eigenvalue weighted by molar-refractivity contribution is 5.38. The summed E-state index contributed by atoms with van der Waals surface area (Å²) in [5, 5.41) is 3.64. The number of hydrogen-bond donors (Lipinski definition) is 1. The molecule has 0 aromatic heterocycles. The van der Waals surface area contributed by atoms with E-state index in [2.05, 4.69) is 43.4 Å². The molecule has 110 valence electrons. The lowest BCUT2D eigenvalue weighted by atomic mass is 9.84. The van der Waals surface area contributed by atoms with Crippen LogP contribution in [-0.4, -0.2) is 0 Å². The van der Waals surface area contributed by atoms with Crippen LogP contribution in [0.3, 0.4) is 0 Å². The van der Waals surface area contributed by atoms with Crippen molar-refractivity contribution in [1.29, 1.82) is 0 Å². The first-order valence-electron chi connectivity index (χ1n) is 7.57. The molecule has 0 fully saturated rings. The van der Waals surface area contributed by atoms with Crippen molar-refractivity contribution in [3.8, 4) is 0 Å². The average Bonchev–Trinajstić information content (AvgIpc) is 2.70. The van der Waals surface area contributed by atoms with Gasteiger partial charge in [0.25, 0.3) is 0 Å². The monoisotopic (exact) mass is 283 g/mol. The molecule has 0 amide bonds. The van der Waals surface area contributed by atoms with E-state index in [-0.39, 0.29) is 23.3 Å². The Bertz CT molecular complexity index is 648. The summed E-state index contributed by atoms with van der Waals surface area (Å²) in [6.07, 6.45) is 1.06. The van der Waals surface area contributed by atoms with Crippen molar-refractivity contribution in [2.24, 2.45) is 5.41 Å². The van der Waals surface area contributed by atoms with Gasteiger partial charge in [-0.15, -0.1) is 0 Å². The summed E-state index contributed by atoms with van der Waals surface area (Å²) < 4.78 is 14.0. The summed E-state index contributed by atoms with van der Waals surface area (Å²) in [6, 6.07) is 15.8. The number of benzene rings is 2. The highest BCUT2D eigenvalue weighted by Crippen LogP contribution is 2.46. The Balaban J connectivity index is 1.89. The van der Waals surface area contributed by atoms with Crippen LogP contribution in [0, 0.1) is 11.2 Å². The lowest BCUT2D eigenvalue weighted by Crippen LogP contribution is -2.33. The SMILES string of the molecule is C[C@@H](NC1c2ccccc2CC1(C)C)c1ccccc1F. The van der Waals surface area contributed by atoms with E-state index in [1.807, 2.05) is 19.1 Å². The second-order valence-electron chi connectivity index (χ2n) is 6.71. The van der Waals surface area contributed by atoms with E-state index < -0.39 is 0 Å². The van der Waals surface area contributed by atoms with Gasteiger partial charge < -0.3 is 5.32 Å². The molecule has 1 aliphatic carbocycles. The van der Waals surface area contributed by atoms with Crippen LogP contribution in [0.25, 0.3) is 0 Å². The molecule has 1 nitrogen and oxygen atoms in total. The first-order chi connectivity index (χ1) is 9.99. The molecule has 0 spiro atoms. The van der Waals surface area contributed by atoms with E-state index in [4.69, 9.17) is 0 Å². The molecule has 1 N–H and O–H groups in total. The van der Waals surface area contributed by atoms with Crippen molar-refractivity contribution in [3.63, 3.8) is 0 Å². The van der Waals surface area contributed by atoms with Gasteiger partial charge in [0.15, 0.2) is 0 Å². The van der Waals surface area contributed by atoms with E-state index in [0.29, 0.717) is 0 Å². The van der Waals surface area contributed by atoms with Crippen molar-refractivity contribution < 1.29 is 4.39 Å². The van der Waals surface area contributed by atoms with Crippen molar-refractivity contribution in [3.05, 3.63) is 71.0 Å². The van der Waals surface area contributed by atoms with Gasteiger partial charge in [0.2, 0.25) is 0 Å². The zero-order chi connectivity index (χ0) is 15.0. The third kappa shape index (κ3) is 2.60. The first kappa shape index (κ1) is 14.3. The van der Waals surface area contributed by atoms with Crippen LogP contribution < -0.4 is 5.32 Å². The number of hydrogen-bond acceptors (Lipinski definition) is 1. The number of fused-ring (bicyclic) bond motifs is 1. The lowest BCUT2D eigenvalue weighted by molar-refractivity contribution is 0.251. The fourth-order valence-electron chi connectivity index (χ4n) is 3.47. The molecule has 0 aliphatic heterocycles. The third-order valence-corrected chi connectivity index (χ3v) is 4.58. The van der Waals surface area contributed by atoms with Crippen LogP contribution in [0.2, 0.25) is 0 Å². The van der Waals surface area contributed by atoms with Crippen LogP contribution >= 0.6 is 0 Å². The topological polar surface area (TPSA) is 12.0 Å². The molecule has 2 aromatic rings. The molecule has 2 atom stereocenters. The minimum atomic E-state index is -0.137. The van der Waals surface area contributed by atoms with Gasteiger partial charge in [-0.05, 0) is 36.0 Å². The van der Waals surface area contributed by atoms with Crippen molar-refractivity contribution in [2.75, 3.05) is 0 Å². The van der Waals surface area contributed by atoms with Gasteiger partial charge in [-0.3, -0.25) is 0 Å². The second kappa shape index (κ2) is 5.27. The molecule has 1 aliphatic rings. The van der Waals surface area contributed by atoms with Crippen LogP contribution in [0.1, 0.15) is 49.5 Å². The molecule has 21 heavy (non-hydrogen) atoms. The predicted octanol–water partition coefficient (Wildman–Crippen LogP) is 4.80. The number of halogens is 1. The molecule has 0 radical (unpaired) electrons. The van der Waals surface area contributed by atoms with E-state index in [0.717, 1.165) is 12.0 Å². The highest BCUT2D eigenvalue weighted by atomic mass is 19.1. The molecule has 0 bridgehead atoms. The molecule has 0 heterocycles. The van der Waals surface area contributed by atoms with Gasteiger partial charge in [-0.1, -0.05) is 56.3 Å². The summed E-state index contributed by atoms with van der Waals surface area (Å²) in [5.41, 5.74) is 3.63. The minimum Gasteiger partial charge on any atom is -0.303 e. The molecule has 3 rings (SSSR count). The zero-order valence-corrected chi connectivity index (χ0v) is 12.9. The summed E-state index contributed by atoms with van der Waals surface area (Å²) in [7, 11) is 0. The van der Waals surface area contributed by atoms with Crippen LogP contribution in [-0.2, 0) is 6.42 Å². The highest BCUT2D eigenvalue weighted by Gasteiger charge is 2.39. The maximum Gasteiger partial charge on any atom is 0.127 e. The Morgan fingerprint density at radius 3 is 2.52 bits per heavy atom. The Hall–Kier alpha value is -1.67. The van der Waals surface area contributed by atoms with Gasteiger partial charge in [0.05, 0.1) is 0 Å². The fraction of sp³-hybridized carbons (Fsp3) is 0.368. The Labute approximate surface area is 126 Å². The molecule has 2 aromatic carbocycles. The summed E-state index contributed by atoms with van der Waals surface area (Å²) in [6.45, 7) is 6.59. The van der Waals surface area contributed by atoms with E-state index in [1.165, 1.54) is 17.2 Å². The van der Waals surface area contributed by atoms with Gasteiger partial charge in [-0.2, -0.15) is 0 Å². The Kier molecular flexibility index (Phi) is 3.58. The van der Waals surface area contributed by atoms with Gasteiger partial charge in [-0.25, -0.2) is 4.39 Å². The van der Waals surface area contributed by atoms with Crippen LogP contribution in [0.5, 0.6) is 0 Å². The largest absolute Gasteiger partial charge is 0.303 e. The molecular formula is C19H22FN. The van der Waals surface area contributed by atoms with Crippen molar-refractivity contribution >= 4 is 0 Å². The Morgan fingerprint density at radius 1 is 1.10 bits per heavy atom. The van der Waals surface area contributed by atoms with Crippen molar-refractivity contribution in [1.82, 2.24) is 5.32 Å². The number of nitrogens with one attached hydrogen (secondary N) is 1.